The summed E-state index contributed by atoms with van der Waals surface area (Å²) in [6, 6.07) is 0. The van der Waals surface area contributed by atoms with Crippen molar-refractivity contribution in [2.45, 2.75) is 0 Å². The lowest BCUT2D eigenvalue weighted by Gasteiger charge is -2.27. The third-order valence-corrected chi connectivity index (χ3v) is 3.22. The first-order valence-corrected chi connectivity index (χ1v) is 5.98. The quantitative estimate of drug-likeness (QED) is 0.590. The van der Waals surface area contributed by atoms with E-state index in [4.69, 9.17) is 10.5 Å². The Morgan fingerprint density at radius 2 is 2.08 bits per heavy atom. The van der Waals surface area contributed by atoms with Gasteiger partial charge in [-0.05, 0) is 0 Å². The molecule has 0 saturated carbocycles. The van der Waals surface area contributed by atoms with Crippen LogP contribution in [0.1, 0.15) is 0 Å². The van der Waals surface area contributed by atoms with Crippen molar-refractivity contribution in [1.29, 1.82) is 0 Å². The van der Waals surface area contributed by atoms with Crippen molar-refractivity contribution in [3.05, 3.63) is 0 Å². The summed E-state index contributed by atoms with van der Waals surface area (Å²) in [5.74, 6) is 0. The first kappa shape index (κ1) is 10.2. The summed E-state index contributed by atoms with van der Waals surface area (Å²) < 4.78 is 16.3. The molecule has 12 heavy (non-hydrogen) atoms. The van der Waals surface area contributed by atoms with Crippen molar-refractivity contribution in [1.82, 2.24) is 4.90 Å². The summed E-state index contributed by atoms with van der Waals surface area (Å²) in [6.07, 6.45) is 0.0667. The van der Waals surface area contributed by atoms with Crippen LogP contribution in [0.2, 0.25) is 0 Å². The number of nitrogens with zero attached hydrogens (tertiary/aromatic N) is 1. The van der Waals surface area contributed by atoms with Gasteiger partial charge in [-0.25, -0.2) is 0 Å². The highest BCUT2D eigenvalue weighted by atomic mass is 31.2. The van der Waals surface area contributed by atoms with E-state index in [9.17, 15) is 9.46 Å². The fourth-order valence-electron chi connectivity index (χ4n) is 1.11. The van der Waals surface area contributed by atoms with Crippen molar-refractivity contribution >= 4 is 7.37 Å². The summed E-state index contributed by atoms with van der Waals surface area (Å²) >= 11 is 0. The molecule has 0 aromatic heterocycles. The number of rotatable bonds is 3. The van der Waals surface area contributed by atoms with E-state index in [1.54, 1.807) is 0 Å². The highest BCUT2D eigenvalue weighted by molar-refractivity contribution is 7.57. The molecule has 72 valence electrons. The first-order chi connectivity index (χ1) is 5.64. The van der Waals surface area contributed by atoms with Gasteiger partial charge in [0.1, 0.15) is 0 Å². The third kappa shape index (κ3) is 3.21. The Kier molecular flexibility index (Phi) is 3.68. The molecular formula is C6H15N2O3P. The average molecular weight is 194 g/mol. The molecule has 1 heterocycles. The van der Waals surface area contributed by atoms with Gasteiger partial charge in [0.05, 0.1) is 25.8 Å². The zero-order chi connectivity index (χ0) is 9.03. The van der Waals surface area contributed by atoms with E-state index in [2.05, 4.69) is 0 Å². The van der Waals surface area contributed by atoms with Gasteiger partial charge in [0.25, 0.3) is 0 Å². The topological polar surface area (TPSA) is 75.8 Å². The van der Waals surface area contributed by atoms with Gasteiger partial charge in [0.2, 0.25) is 7.37 Å². The molecule has 1 rings (SSSR count). The smallest absolute Gasteiger partial charge is 0.227 e. The lowest BCUT2D eigenvalue weighted by atomic mass is 10.5. The van der Waals surface area contributed by atoms with Gasteiger partial charge in [0.15, 0.2) is 0 Å². The minimum absolute atomic E-state index is 0.135. The zero-order valence-corrected chi connectivity index (χ0v) is 7.87. The van der Waals surface area contributed by atoms with Gasteiger partial charge in [-0.2, -0.15) is 0 Å². The minimum Gasteiger partial charge on any atom is -0.379 e. The minimum atomic E-state index is -3.09. The maximum atomic E-state index is 11.2. The lowest BCUT2D eigenvalue weighted by Crippen LogP contribution is -2.37. The fraction of sp³-hybridized carbons (Fsp3) is 1.00. The number of hydrogen-bond acceptors (Lipinski definition) is 4. The molecule has 0 radical (unpaired) electrons. The lowest BCUT2D eigenvalue weighted by molar-refractivity contribution is 0.0453. The van der Waals surface area contributed by atoms with Crippen LogP contribution in [-0.2, 0) is 9.30 Å². The van der Waals surface area contributed by atoms with Crippen molar-refractivity contribution in [2.75, 3.05) is 38.9 Å². The molecule has 0 aromatic carbocycles. The van der Waals surface area contributed by atoms with E-state index in [1.807, 2.05) is 4.90 Å². The van der Waals surface area contributed by atoms with Gasteiger partial charge in [0, 0.05) is 13.1 Å². The Balaban J connectivity index is 2.34. The van der Waals surface area contributed by atoms with Crippen LogP contribution in [0.15, 0.2) is 0 Å². The molecular weight excluding hydrogens is 179 g/mol. The molecule has 1 unspecified atom stereocenters. The molecule has 1 aliphatic heterocycles. The molecule has 1 aliphatic rings. The van der Waals surface area contributed by atoms with E-state index in [-0.39, 0.29) is 12.6 Å². The Hall–Kier alpha value is 0.0700. The molecule has 0 aromatic rings. The second-order valence-electron chi connectivity index (χ2n) is 2.90. The van der Waals surface area contributed by atoms with Crippen LogP contribution in [0.5, 0.6) is 0 Å². The summed E-state index contributed by atoms with van der Waals surface area (Å²) in [5.41, 5.74) is 5.15. The van der Waals surface area contributed by atoms with Crippen LogP contribution in [0.25, 0.3) is 0 Å². The Labute approximate surface area is 71.9 Å². The number of nitrogens with two attached hydrogens (primary N) is 1. The van der Waals surface area contributed by atoms with Gasteiger partial charge in [-0.3, -0.25) is 9.46 Å². The van der Waals surface area contributed by atoms with Gasteiger partial charge in [-0.1, -0.05) is 0 Å². The van der Waals surface area contributed by atoms with Crippen molar-refractivity contribution < 1.29 is 14.2 Å². The van der Waals surface area contributed by atoms with Crippen LogP contribution in [0.4, 0.5) is 0 Å². The molecule has 5 nitrogen and oxygen atoms in total. The van der Waals surface area contributed by atoms with E-state index >= 15 is 0 Å². The Bertz CT molecular complexity index is 182. The van der Waals surface area contributed by atoms with Gasteiger partial charge >= 0.3 is 0 Å². The van der Waals surface area contributed by atoms with E-state index in [0.29, 0.717) is 13.2 Å². The molecule has 3 N–H and O–H groups in total. The molecule has 6 heteroatoms. The summed E-state index contributed by atoms with van der Waals surface area (Å²) in [4.78, 5) is 11.1. The Morgan fingerprint density at radius 3 is 2.58 bits per heavy atom. The van der Waals surface area contributed by atoms with Crippen LogP contribution in [0, 0.1) is 0 Å². The second-order valence-corrected chi connectivity index (χ2v) is 5.24. The normalized spacial score (nSPS) is 25.2. The van der Waals surface area contributed by atoms with Crippen LogP contribution >= 0.6 is 7.37 Å². The summed E-state index contributed by atoms with van der Waals surface area (Å²) in [6.45, 7) is 2.74. The summed E-state index contributed by atoms with van der Waals surface area (Å²) in [7, 11) is -3.09. The van der Waals surface area contributed by atoms with E-state index < -0.39 is 7.37 Å². The first-order valence-electron chi connectivity index (χ1n) is 3.95. The summed E-state index contributed by atoms with van der Waals surface area (Å²) in [5, 5.41) is 0. The number of hydrogen-bond donors (Lipinski definition) is 2. The SMILES string of the molecule is NCP(=O)(O)CN1CCOCC1. The van der Waals surface area contributed by atoms with Crippen LogP contribution in [0.3, 0.4) is 0 Å². The largest absolute Gasteiger partial charge is 0.379 e. The van der Waals surface area contributed by atoms with Gasteiger partial charge in [-0.15, -0.1) is 0 Å². The monoisotopic (exact) mass is 194 g/mol. The maximum Gasteiger partial charge on any atom is 0.227 e. The fourth-order valence-corrected chi connectivity index (χ4v) is 2.14. The number of ether oxygens (including phenoxy) is 1. The van der Waals surface area contributed by atoms with Crippen molar-refractivity contribution in [3.63, 3.8) is 0 Å². The number of morpholine rings is 1. The van der Waals surface area contributed by atoms with E-state index in [0.717, 1.165) is 13.1 Å². The Morgan fingerprint density at radius 1 is 1.50 bits per heavy atom. The molecule has 0 spiro atoms. The second kappa shape index (κ2) is 4.35. The zero-order valence-electron chi connectivity index (χ0n) is 6.98. The molecule has 0 bridgehead atoms. The van der Waals surface area contributed by atoms with Crippen LogP contribution < -0.4 is 5.73 Å². The predicted octanol–water partition coefficient (Wildman–Crippen LogP) is -0.537. The predicted molar refractivity (Wildman–Crippen MR) is 46.1 cm³/mol. The highest BCUT2D eigenvalue weighted by Gasteiger charge is 2.21. The maximum absolute atomic E-state index is 11.2. The molecule has 1 fully saturated rings. The molecule has 0 aliphatic carbocycles. The molecule has 1 atom stereocenters. The standard InChI is InChI=1S/C6H15N2O3P/c7-5-12(9,10)6-8-1-3-11-4-2-8/h1-7H2,(H,9,10). The highest BCUT2D eigenvalue weighted by Crippen LogP contribution is 2.38. The van der Waals surface area contributed by atoms with E-state index in [1.165, 1.54) is 0 Å². The third-order valence-electron chi connectivity index (χ3n) is 1.81. The molecule has 1 saturated heterocycles. The molecule has 0 amide bonds. The van der Waals surface area contributed by atoms with Crippen LogP contribution in [-0.4, -0.2) is 48.7 Å². The van der Waals surface area contributed by atoms with Crippen molar-refractivity contribution in [3.8, 4) is 0 Å². The van der Waals surface area contributed by atoms with Gasteiger partial charge < -0.3 is 15.4 Å². The van der Waals surface area contributed by atoms with Crippen molar-refractivity contribution in [2.24, 2.45) is 5.73 Å². The average Bonchev–Trinajstić information content (AvgIpc) is 2.06.